The van der Waals surface area contributed by atoms with Crippen molar-refractivity contribution in [2.45, 2.75) is 19.5 Å². The summed E-state index contributed by atoms with van der Waals surface area (Å²) in [4.78, 5) is 1.94. The third-order valence-electron chi connectivity index (χ3n) is 2.60. The van der Waals surface area contributed by atoms with Gasteiger partial charge in [0.15, 0.2) is 0 Å². The molecule has 1 nitrogen and oxygen atoms in total. The van der Waals surface area contributed by atoms with Gasteiger partial charge in [0.2, 0.25) is 0 Å². The Balaban J connectivity index is 2.71. The number of hydrogen-bond donors (Lipinski definition) is 0. The highest BCUT2D eigenvalue weighted by molar-refractivity contribution is 5.28. The molecule has 1 aliphatic rings. The lowest BCUT2D eigenvalue weighted by Crippen LogP contribution is -2.34. The van der Waals surface area contributed by atoms with Gasteiger partial charge in [-0.05, 0) is 33.0 Å². The van der Waals surface area contributed by atoms with Gasteiger partial charge in [-0.2, -0.15) is 13.2 Å². The summed E-state index contributed by atoms with van der Waals surface area (Å²) in [6.07, 6.45) is 0.399. The topological polar surface area (TPSA) is 3.24 Å². The lowest BCUT2D eigenvalue weighted by Gasteiger charge is -2.30. The van der Waals surface area contributed by atoms with Crippen LogP contribution in [0.1, 0.15) is 13.3 Å². The molecule has 0 heterocycles. The largest absolute Gasteiger partial charge is 0.397 e. The average molecular weight is 219 g/mol. The highest BCUT2D eigenvalue weighted by atomic mass is 19.4. The van der Waals surface area contributed by atoms with E-state index in [1.807, 2.05) is 19.0 Å². The Morgan fingerprint density at radius 1 is 1.40 bits per heavy atom. The van der Waals surface area contributed by atoms with Crippen LogP contribution in [0.4, 0.5) is 13.2 Å². The van der Waals surface area contributed by atoms with Gasteiger partial charge >= 0.3 is 6.18 Å². The number of allylic oxidation sites excluding steroid dienone is 2. The van der Waals surface area contributed by atoms with Crippen LogP contribution < -0.4 is 0 Å². The maximum atomic E-state index is 12.6. The zero-order valence-corrected chi connectivity index (χ0v) is 9.23. The van der Waals surface area contributed by atoms with Gasteiger partial charge in [-0.1, -0.05) is 18.2 Å². The molecule has 1 rings (SSSR count). The molecule has 1 atom stereocenters. The molecule has 15 heavy (non-hydrogen) atoms. The summed E-state index contributed by atoms with van der Waals surface area (Å²) in [6, 6.07) is 0. The fourth-order valence-corrected chi connectivity index (χ4v) is 1.46. The summed E-state index contributed by atoms with van der Waals surface area (Å²) in [5.74, 6) is 0. The molecular weight excluding hydrogens is 203 g/mol. The Hall–Kier alpha value is -0.770. The lowest BCUT2D eigenvalue weighted by molar-refractivity contribution is -0.199. The van der Waals surface area contributed by atoms with Gasteiger partial charge in [-0.25, -0.2) is 0 Å². The molecule has 0 aromatic heterocycles. The summed E-state index contributed by atoms with van der Waals surface area (Å²) < 4.78 is 37.9. The fraction of sp³-hybridized carbons (Fsp3) is 0.636. The molecule has 1 unspecified atom stereocenters. The first-order valence-corrected chi connectivity index (χ1v) is 4.84. The highest BCUT2D eigenvalue weighted by Gasteiger charge is 2.49. The molecule has 86 valence electrons. The molecule has 1 aliphatic carbocycles. The zero-order valence-electron chi connectivity index (χ0n) is 9.23. The van der Waals surface area contributed by atoms with Crippen molar-refractivity contribution in [3.8, 4) is 0 Å². The summed E-state index contributed by atoms with van der Waals surface area (Å²) in [7, 11) is 3.79. The quantitative estimate of drug-likeness (QED) is 0.690. The number of rotatable bonds is 2. The predicted molar refractivity (Wildman–Crippen MR) is 54.6 cm³/mol. The third kappa shape index (κ3) is 2.84. The van der Waals surface area contributed by atoms with Crippen LogP contribution in [-0.2, 0) is 0 Å². The molecule has 0 spiro atoms. The summed E-state index contributed by atoms with van der Waals surface area (Å²) in [5.41, 5.74) is -0.746. The summed E-state index contributed by atoms with van der Waals surface area (Å²) in [6.45, 7) is 1.91. The molecule has 0 aromatic rings. The number of likely N-dealkylation sites (N-methyl/N-ethyl adjacent to an activating group) is 1. The zero-order chi connectivity index (χ0) is 11.7. The van der Waals surface area contributed by atoms with E-state index < -0.39 is 11.6 Å². The maximum absolute atomic E-state index is 12.6. The van der Waals surface area contributed by atoms with Crippen LogP contribution in [0.3, 0.4) is 0 Å². The van der Waals surface area contributed by atoms with Crippen LogP contribution in [0.5, 0.6) is 0 Å². The fourth-order valence-electron chi connectivity index (χ4n) is 1.46. The normalized spacial score (nSPS) is 27.0. The molecule has 0 bridgehead atoms. The van der Waals surface area contributed by atoms with Crippen molar-refractivity contribution >= 4 is 0 Å². The standard InChI is InChI=1S/C11H16F3N/c1-10(11(12,13)14)6-4-9(5-7-10)8-15(2)3/h4-6H,7-8H2,1-3H3. The first-order valence-electron chi connectivity index (χ1n) is 4.84. The van der Waals surface area contributed by atoms with Crippen LogP contribution in [0.2, 0.25) is 0 Å². The Kier molecular flexibility index (Phi) is 3.28. The Morgan fingerprint density at radius 2 is 2.00 bits per heavy atom. The number of alkyl halides is 3. The van der Waals surface area contributed by atoms with E-state index >= 15 is 0 Å². The first kappa shape index (κ1) is 12.3. The molecule has 0 fully saturated rings. The molecule has 0 saturated carbocycles. The molecule has 0 aliphatic heterocycles. The summed E-state index contributed by atoms with van der Waals surface area (Å²) >= 11 is 0. The highest BCUT2D eigenvalue weighted by Crippen LogP contribution is 2.44. The first-order chi connectivity index (χ1) is 6.74. The Bertz CT molecular complexity index is 289. The van der Waals surface area contributed by atoms with Gasteiger partial charge in [0.25, 0.3) is 0 Å². The van der Waals surface area contributed by atoms with Crippen molar-refractivity contribution in [1.29, 1.82) is 0 Å². The van der Waals surface area contributed by atoms with E-state index in [1.54, 1.807) is 12.2 Å². The van der Waals surface area contributed by atoms with Gasteiger partial charge < -0.3 is 4.90 Å². The lowest BCUT2D eigenvalue weighted by atomic mass is 9.81. The van der Waals surface area contributed by atoms with Gasteiger partial charge in [0.05, 0.1) is 5.41 Å². The number of nitrogens with zero attached hydrogens (tertiary/aromatic N) is 1. The average Bonchev–Trinajstić information content (AvgIpc) is 2.06. The van der Waals surface area contributed by atoms with Crippen LogP contribution >= 0.6 is 0 Å². The van der Waals surface area contributed by atoms with E-state index in [4.69, 9.17) is 0 Å². The third-order valence-corrected chi connectivity index (χ3v) is 2.60. The molecule has 0 N–H and O–H groups in total. The van der Waals surface area contributed by atoms with Crippen LogP contribution in [0.15, 0.2) is 23.8 Å². The van der Waals surface area contributed by atoms with Crippen LogP contribution in [-0.4, -0.2) is 31.7 Å². The molecule has 0 amide bonds. The molecule has 0 aromatic carbocycles. The van der Waals surface area contributed by atoms with Crippen molar-refractivity contribution in [2.75, 3.05) is 20.6 Å². The summed E-state index contributed by atoms with van der Waals surface area (Å²) in [5, 5.41) is 0. The van der Waals surface area contributed by atoms with Crippen LogP contribution in [0.25, 0.3) is 0 Å². The van der Waals surface area contributed by atoms with Gasteiger partial charge in [-0.15, -0.1) is 0 Å². The van der Waals surface area contributed by atoms with Gasteiger partial charge in [-0.3, -0.25) is 0 Å². The van der Waals surface area contributed by atoms with Crippen molar-refractivity contribution < 1.29 is 13.2 Å². The van der Waals surface area contributed by atoms with E-state index in [9.17, 15) is 13.2 Å². The Morgan fingerprint density at radius 3 is 2.33 bits per heavy atom. The van der Waals surface area contributed by atoms with E-state index in [0.717, 1.165) is 5.57 Å². The van der Waals surface area contributed by atoms with Crippen LogP contribution in [0, 0.1) is 5.41 Å². The minimum Gasteiger partial charge on any atom is -0.305 e. The van der Waals surface area contributed by atoms with Gasteiger partial charge in [0, 0.05) is 6.54 Å². The second-order valence-corrected chi connectivity index (χ2v) is 4.47. The van der Waals surface area contributed by atoms with Crippen molar-refractivity contribution in [3.05, 3.63) is 23.8 Å². The molecule has 0 saturated heterocycles. The van der Waals surface area contributed by atoms with E-state index in [2.05, 4.69) is 0 Å². The van der Waals surface area contributed by atoms with Crippen molar-refractivity contribution in [2.24, 2.45) is 5.41 Å². The van der Waals surface area contributed by atoms with E-state index in [-0.39, 0.29) is 6.42 Å². The molecular formula is C11H16F3N. The van der Waals surface area contributed by atoms with Crippen molar-refractivity contribution in [3.63, 3.8) is 0 Å². The minimum atomic E-state index is -4.16. The van der Waals surface area contributed by atoms with E-state index in [1.165, 1.54) is 13.0 Å². The maximum Gasteiger partial charge on any atom is 0.397 e. The Labute approximate surface area is 88.3 Å². The molecule has 4 heteroatoms. The monoisotopic (exact) mass is 219 g/mol. The number of halogens is 3. The van der Waals surface area contributed by atoms with Gasteiger partial charge in [0.1, 0.15) is 0 Å². The number of hydrogen-bond acceptors (Lipinski definition) is 1. The van der Waals surface area contributed by atoms with Crippen molar-refractivity contribution in [1.82, 2.24) is 4.90 Å². The molecule has 0 radical (unpaired) electrons. The smallest absolute Gasteiger partial charge is 0.305 e. The SMILES string of the molecule is CN(C)CC1=CCC(C)(C(F)(F)F)C=C1. The second kappa shape index (κ2) is 4.00. The van der Waals surface area contributed by atoms with E-state index in [0.29, 0.717) is 6.54 Å². The second-order valence-electron chi connectivity index (χ2n) is 4.47. The minimum absolute atomic E-state index is 0.0379. The predicted octanol–water partition coefficient (Wildman–Crippen LogP) is 3.00.